The lowest BCUT2D eigenvalue weighted by Gasteiger charge is -2.26. The highest BCUT2D eigenvalue weighted by molar-refractivity contribution is 7.20. The van der Waals surface area contributed by atoms with Crippen LogP contribution >= 0.6 is 11.3 Å². The number of benzene rings is 1. The number of aromatic nitrogens is 1. The molecule has 1 aliphatic rings. The smallest absolute Gasteiger partial charge is 0.262 e. The maximum absolute atomic E-state index is 12.3. The number of nitrogens with one attached hydrogen (secondary N) is 2. The molecule has 2 amide bonds. The van der Waals surface area contributed by atoms with Gasteiger partial charge in [-0.25, -0.2) is 4.98 Å². The minimum atomic E-state index is -0.418. The van der Waals surface area contributed by atoms with Gasteiger partial charge in [0.25, 0.3) is 5.91 Å². The zero-order chi connectivity index (χ0) is 17.8. The van der Waals surface area contributed by atoms with Gasteiger partial charge in [0.2, 0.25) is 5.91 Å². The average Bonchev–Trinajstić information content (AvgIpc) is 2.97. The number of pyridine rings is 1. The molecule has 5 nitrogen and oxygen atoms in total. The second kappa shape index (κ2) is 5.52. The molecule has 6 heteroatoms. The van der Waals surface area contributed by atoms with E-state index in [-0.39, 0.29) is 17.2 Å². The quantitative estimate of drug-likeness (QED) is 0.696. The molecule has 128 valence electrons. The number of β-lactam (4-membered cyclic amide) rings is 1. The predicted molar refractivity (Wildman–Crippen MR) is 100 cm³/mol. The number of thiophene rings is 1. The maximum atomic E-state index is 12.3. The standard InChI is InChI=1S/C19H19N3O2S/c1-19(2,3)12-4-5-13-10(7-12)6-11-8-15(25-18(11)22-13)17(24)21-14-9-20-16(14)23/h4-8,14H,9H2,1-3H3,(H,20,23)(H,21,24). The molecule has 0 saturated carbocycles. The van der Waals surface area contributed by atoms with E-state index in [4.69, 9.17) is 4.98 Å². The molecular weight excluding hydrogens is 334 g/mol. The number of hydrogen-bond acceptors (Lipinski definition) is 4. The van der Waals surface area contributed by atoms with Crippen LogP contribution in [0.3, 0.4) is 0 Å². The second-order valence-electron chi connectivity index (χ2n) is 7.42. The van der Waals surface area contributed by atoms with Crippen molar-refractivity contribution in [3.63, 3.8) is 0 Å². The zero-order valence-corrected chi connectivity index (χ0v) is 15.2. The van der Waals surface area contributed by atoms with Crippen molar-refractivity contribution in [2.75, 3.05) is 6.54 Å². The molecular formula is C19H19N3O2S. The van der Waals surface area contributed by atoms with Crippen molar-refractivity contribution in [3.05, 3.63) is 40.8 Å². The summed E-state index contributed by atoms with van der Waals surface area (Å²) < 4.78 is 0. The van der Waals surface area contributed by atoms with Gasteiger partial charge >= 0.3 is 0 Å². The molecule has 25 heavy (non-hydrogen) atoms. The van der Waals surface area contributed by atoms with Crippen molar-refractivity contribution in [1.29, 1.82) is 0 Å². The third-order valence-corrected chi connectivity index (χ3v) is 5.54. The van der Waals surface area contributed by atoms with E-state index in [0.29, 0.717) is 11.4 Å². The maximum Gasteiger partial charge on any atom is 0.262 e. The number of rotatable bonds is 2. The molecule has 0 bridgehead atoms. The molecule has 1 fully saturated rings. The summed E-state index contributed by atoms with van der Waals surface area (Å²) in [6, 6.07) is 9.82. The molecule has 1 aliphatic heterocycles. The van der Waals surface area contributed by atoms with Crippen LogP contribution in [0.5, 0.6) is 0 Å². The minimum Gasteiger partial charge on any atom is -0.352 e. The van der Waals surface area contributed by atoms with Gasteiger partial charge in [-0.15, -0.1) is 11.3 Å². The summed E-state index contributed by atoms with van der Waals surface area (Å²) in [6.07, 6.45) is 0. The second-order valence-corrected chi connectivity index (χ2v) is 8.45. The molecule has 1 atom stereocenters. The molecule has 2 aromatic heterocycles. The summed E-state index contributed by atoms with van der Waals surface area (Å²) in [5.74, 6) is -0.352. The van der Waals surface area contributed by atoms with Crippen molar-refractivity contribution in [2.45, 2.75) is 32.2 Å². The number of carbonyl (C=O) groups is 2. The van der Waals surface area contributed by atoms with Crippen molar-refractivity contribution in [2.24, 2.45) is 0 Å². The van der Waals surface area contributed by atoms with E-state index >= 15 is 0 Å². The van der Waals surface area contributed by atoms with Crippen LogP contribution in [-0.2, 0) is 10.2 Å². The minimum absolute atomic E-state index is 0.0756. The average molecular weight is 353 g/mol. The third-order valence-electron chi connectivity index (χ3n) is 4.49. The first-order valence-electron chi connectivity index (χ1n) is 8.25. The van der Waals surface area contributed by atoms with Crippen LogP contribution in [-0.4, -0.2) is 29.4 Å². The molecule has 1 saturated heterocycles. The first-order chi connectivity index (χ1) is 11.8. The van der Waals surface area contributed by atoms with E-state index in [0.717, 1.165) is 21.1 Å². The third kappa shape index (κ3) is 2.87. The van der Waals surface area contributed by atoms with Crippen molar-refractivity contribution in [1.82, 2.24) is 15.6 Å². The van der Waals surface area contributed by atoms with E-state index in [2.05, 4.69) is 49.6 Å². The van der Waals surface area contributed by atoms with Crippen LogP contribution in [0.1, 0.15) is 36.0 Å². The summed E-state index contributed by atoms with van der Waals surface area (Å²) >= 11 is 1.35. The summed E-state index contributed by atoms with van der Waals surface area (Å²) in [7, 11) is 0. The highest BCUT2D eigenvalue weighted by atomic mass is 32.1. The van der Waals surface area contributed by atoms with Gasteiger partial charge in [-0.05, 0) is 35.2 Å². The van der Waals surface area contributed by atoms with Gasteiger partial charge in [0, 0.05) is 17.3 Å². The Morgan fingerprint density at radius 2 is 2.04 bits per heavy atom. The lowest BCUT2D eigenvalue weighted by atomic mass is 9.86. The summed E-state index contributed by atoms with van der Waals surface area (Å²) in [5.41, 5.74) is 2.25. The lowest BCUT2D eigenvalue weighted by molar-refractivity contribution is -0.128. The summed E-state index contributed by atoms with van der Waals surface area (Å²) in [6.45, 7) is 7.05. The molecule has 3 heterocycles. The van der Waals surface area contributed by atoms with E-state index in [1.54, 1.807) is 0 Å². The van der Waals surface area contributed by atoms with Gasteiger partial charge in [-0.1, -0.05) is 26.8 Å². The zero-order valence-electron chi connectivity index (χ0n) is 14.3. The number of amides is 2. The Balaban J connectivity index is 1.71. The summed E-state index contributed by atoms with van der Waals surface area (Å²) in [4.78, 5) is 29.7. The van der Waals surface area contributed by atoms with E-state index in [9.17, 15) is 9.59 Å². The Morgan fingerprint density at radius 3 is 2.68 bits per heavy atom. The predicted octanol–water partition coefficient (Wildman–Crippen LogP) is 2.98. The fraction of sp³-hybridized carbons (Fsp3) is 0.316. The van der Waals surface area contributed by atoms with Crippen LogP contribution < -0.4 is 10.6 Å². The van der Waals surface area contributed by atoms with Gasteiger partial charge in [0.05, 0.1) is 10.4 Å². The fourth-order valence-electron chi connectivity index (χ4n) is 2.85. The van der Waals surface area contributed by atoms with Gasteiger partial charge < -0.3 is 10.6 Å². The highest BCUT2D eigenvalue weighted by Crippen LogP contribution is 2.30. The number of nitrogens with zero attached hydrogens (tertiary/aromatic N) is 1. The number of carbonyl (C=O) groups excluding carboxylic acids is 2. The van der Waals surface area contributed by atoms with Crippen LogP contribution in [0, 0.1) is 0 Å². The number of fused-ring (bicyclic) bond motifs is 2. The monoisotopic (exact) mass is 353 g/mol. The summed E-state index contributed by atoms with van der Waals surface area (Å²) in [5, 5.41) is 7.39. The van der Waals surface area contributed by atoms with Gasteiger partial charge in [0.15, 0.2) is 0 Å². The van der Waals surface area contributed by atoms with Crippen molar-refractivity contribution >= 4 is 44.3 Å². The van der Waals surface area contributed by atoms with Crippen LogP contribution in [0.15, 0.2) is 30.3 Å². The molecule has 1 unspecified atom stereocenters. The molecule has 3 aromatic rings. The van der Waals surface area contributed by atoms with Crippen molar-refractivity contribution in [3.8, 4) is 0 Å². The first-order valence-corrected chi connectivity index (χ1v) is 9.06. The Kier molecular flexibility index (Phi) is 3.54. The van der Waals surface area contributed by atoms with Gasteiger partial charge in [-0.2, -0.15) is 0 Å². The molecule has 2 N–H and O–H groups in total. The first kappa shape index (κ1) is 16.0. The normalized spacial score (nSPS) is 17.4. The largest absolute Gasteiger partial charge is 0.352 e. The van der Waals surface area contributed by atoms with Gasteiger partial charge in [-0.3, -0.25) is 9.59 Å². The molecule has 0 spiro atoms. The Morgan fingerprint density at radius 1 is 1.24 bits per heavy atom. The fourth-order valence-corrected chi connectivity index (χ4v) is 3.77. The SMILES string of the molecule is CC(C)(C)c1ccc2nc3sc(C(=O)NC4CNC4=O)cc3cc2c1. The highest BCUT2D eigenvalue weighted by Gasteiger charge is 2.29. The van der Waals surface area contributed by atoms with E-state index in [1.807, 2.05) is 12.1 Å². The number of hydrogen-bond donors (Lipinski definition) is 2. The molecule has 1 aromatic carbocycles. The van der Waals surface area contributed by atoms with Gasteiger partial charge in [0.1, 0.15) is 10.9 Å². The molecule has 0 aliphatic carbocycles. The van der Waals surface area contributed by atoms with Crippen LogP contribution in [0.25, 0.3) is 21.1 Å². The lowest BCUT2D eigenvalue weighted by Crippen LogP contribution is -2.61. The Labute approximate surface area is 149 Å². The molecule has 4 rings (SSSR count). The van der Waals surface area contributed by atoms with E-state index in [1.165, 1.54) is 16.9 Å². The topological polar surface area (TPSA) is 71.1 Å². The van der Waals surface area contributed by atoms with Crippen LogP contribution in [0.4, 0.5) is 0 Å². The van der Waals surface area contributed by atoms with Crippen LogP contribution in [0.2, 0.25) is 0 Å². The van der Waals surface area contributed by atoms with Crippen molar-refractivity contribution < 1.29 is 9.59 Å². The Bertz CT molecular complexity index is 1020. The Hall–Kier alpha value is -2.47. The molecule has 0 radical (unpaired) electrons. The van der Waals surface area contributed by atoms with E-state index < -0.39 is 6.04 Å².